The topological polar surface area (TPSA) is 151 Å². The van der Waals surface area contributed by atoms with Crippen LogP contribution in [0, 0.1) is 20.2 Å². The molecule has 0 bridgehead atoms. The van der Waals surface area contributed by atoms with Gasteiger partial charge in [-0.25, -0.2) is 0 Å². The number of pyridine rings is 1. The average molecular weight is 303 g/mol. The second-order valence-corrected chi connectivity index (χ2v) is 4.06. The minimum atomic E-state index is -1.44. The molecule has 112 valence electrons. The van der Waals surface area contributed by atoms with Crippen LogP contribution in [0.25, 0.3) is 0 Å². The first-order chi connectivity index (χ1) is 10.4. The summed E-state index contributed by atoms with van der Waals surface area (Å²) in [6, 6.07) is 5.17. The van der Waals surface area contributed by atoms with Gasteiger partial charge in [-0.15, -0.1) is 0 Å². The molecule has 1 aromatic carbocycles. The first-order valence-electron chi connectivity index (χ1n) is 5.75. The number of hydrogen-bond donors (Lipinski definition) is 1. The van der Waals surface area contributed by atoms with Gasteiger partial charge in [0.15, 0.2) is 5.69 Å². The zero-order valence-corrected chi connectivity index (χ0v) is 10.8. The predicted octanol–water partition coefficient (Wildman–Crippen LogP) is 1.01. The number of nitro groups is 2. The van der Waals surface area contributed by atoms with Gasteiger partial charge in [0, 0.05) is 5.69 Å². The maximum Gasteiger partial charge on any atom is 0.317 e. The van der Waals surface area contributed by atoms with Crippen LogP contribution < -0.4 is 10.4 Å². The van der Waals surface area contributed by atoms with E-state index in [0.29, 0.717) is 0 Å². The van der Waals surface area contributed by atoms with E-state index >= 15 is 0 Å². The number of nitrogens with zero attached hydrogens (tertiary/aromatic N) is 3. The summed E-state index contributed by atoms with van der Waals surface area (Å²) in [5, 5.41) is 35.2. The van der Waals surface area contributed by atoms with E-state index in [4.69, 9.17) is 0 Å². The molecule has 1 N–H and O–H groups in total. The number of carbonyl (C=O) groups excluding carboxylic acids is 1. The summed E-state index contributed by atoms with van der Waals surface area (Å²) in [6.07, 6.45) is 1.72. The van der Waals surface area contributed by atoms with Gasteiger partial charge in [-0.1, -0.05) is 12.1 Å². The number of hydrogen-bond acceptors (Lipinski definition) is 8. The highest BCUT2D eigenvalue weighted by molar-refractivity contribution is 5.88. The van der Waals surface area contributed by atoms with Crippen molar-refractivity contribution in [3.05, 3.63) is 62.5 Å². The lowest BCUT2D eigenvalue weighted by Crippen LogP contribution is -2.22. The number of benzene rings is 1. The molecule has 0 aliphatic carbocycles. The molecule has 0 atom stereocenters. The Hall–Kier alpha value is -3.56. The molecule has 2 rings (SSSR count). The molecule has 0 radical (unpaired) electrons. The summed E-state index contributed by atoms with van der Waals surface area (Å²) in [6.45, 7) is 0. The Bertz CT molecular complexity index is 744. The van der Waals surface area contributed by atoms with Crippen LogP contribution in [0.3, 0.4) is 0 Å². The Morgan fingerprint density at radius 1 is 1.09 bits per heavy atom. The number of anilines is 2. The number of aromatic carboxylic acids is 1. The molecule has 1 heterocycles. The van der Waals surface area contributed by atoms with Crippen LogP contribution in [0.15, 0.2) is 36.7 Å². The summed E-state index contributed by atoms with van der Waals surface area (Å²) in [4.78, 5) is 34.5. The van der Waals surface area contributed by atoms with Crippen LogP contribution in [-0.2, 0) is 0 Å². The van der Waals surface area contributed by atoms with Gasteiger partial charge in [-0.3, -0.25) is 25.2 Å². The molecule has 10 heteroatoms. The Balaban J connectivity index is 2.52. The fourth-order valence-electron chi connectivity index (χ4n) is 1.71. The molecule has 0 amide bonds. The average Bonchev–Trinajstić information content (AvgIpc) is 2.47. The lowest BCUT2D eigenvalue weighted by molar-refractivity contribution is -0.392. The standard InChI is InChI=1S/C12H8N4O6/c17-12(18)7-2-1-3-8(4-7)14-11-9(15(19)20)5-13-6-10(11)16(21)22/h1-6H,(H,13,14)(H,17,18)/p-1. The van der Waals surface area contributed by atoms with E-state index in [1.807, 2.05) is 0 Å². The third-order valence-electron chi connectivity index (χ3n) is 2.67. The van der Waals surface area contributed by atoms with Gasteiger partial charge in [0.05, 0.1) is 15.8 Å². The third kappa shape index (κ3) is 2.95. The van der Waals surface area contributed by atoms with Gasteiger partial charge in [0.2, 0.25) is 0 Å². The van der Waals surface area contributed by atoms with E-state index in [0.717, 1.165) is 18.5 Å². The largest absolute Gasteiger partial charge is 0.545 e. The van der Waals surface area contributed by atoms with Gasteiger partial charge in [-0.05, 0) is 17.7 Å². The molecular formula is C12H7N4O6-. The van der Waals surface area contributed by atoms with Crippen LogP contribution in [0.2, 0.25) is 0 Å². The van der Waals surface area contributed by atoms with Crippen molar-refractivity contribution >= 4 is 28.7 Å². The molecule has 0 saturated heterocycles. The molecule has 0 spiro atoms. The second-order valence-electron chi connectivity index (χ2n) is 4.06. The van der Waals surface area contributed by atoms with E-state index in [1.54, 1.807) is 0 Å². The zero-order chi connectivity index (χ0) is 16.3. The van der Waals surface area contributed by atoms with E-state index < -0.39 is 27.2 Å². The maximum absolute atomic E-state index is 11.0. The molecule has 10 nitrogen and oxygen atoms in total. The predicted molar refractivity (Wildman–Crippen MR) is 71.6 cm³/mol. The fourth-order valence-corrected chi connectivity index (χ4v) is 1.71. The van der Waals surface area contributed by atoms with E-state index in [2.05, 4.69) is 10.3 Å². The molecule has 22 heavy (non-hydrogen) atoms. The first kappa shape index (κ1) is 14.8. The zero-order valence-electron chi connectivity index (χ0n) is 10.8. The summed E-state index contributed by atoms with van der Waals surface area (Å²) in [7, 11) is 0. The maximum atomic E-state index is 11.0. The van der Waals surface area contributed by atoms with Crippen molar-refractivity contribution in [2.45, 2.75) is 0 Å². The summed E-state index contributed by atoms with van der Waals surface area (Å²) < 4.78 is 0. The monoisotopic (exact) mass is 303 g/mol. The van der Waals surface area contributed by atoms with Gasteiger partial charge in [0.1, 0.15) is 12.4 Å². The van der Waals surface area contributed by atoms with E-state index in [9.17, 15) is 30.1 Å². The van der Waals surface area contributed by atoms with Crippen molar-refractivity contribution in [3.63, 3.8) is 0 Å². The third-order valence-corrected chi connectivity index (χ3v) is 2.67. The Labute approximate surface area is 122 Å². The summed E-state index contributed by atoms with van der Waals surface area (Å²) >= 11 is 0. The van der Waals surface area contributed by atoms with Gasteiger partial charge < -0.3 is 15.2 Å². The molecule has 0 aliphatic rings. The molecule has 0 unspecified atom stereocenters. The fraction of sp³-hybridized carbons (Fsp3) is 0. The van der Waals surface area contributed by atoms with Gasteiger partial charge in [-0.2, -0.15) is 0 Å². The van der Waals surface area contributed by atoms with Crippen LogP contribution in [0.4, 0.5) is 22.7 Å². The molecule has 1 aromatic heterocycles. The van der Waals surface area contributed by atoms with Crippen LogP contribution in [-0.4, -0.2) is 20.8 Å². The van der Waals surface area contributed by atoms with Crippen molar-refractivity contribution in [3.8, 4) is 0 Å². The highest BCUT2D eigenvalue weighted by Crippen LogP contribution is 2.35. The number of carbonyl (C=O) groups is 1. The van der Waals surface area contributed by atoms with E-state index in [-0.39, 0.29) is 16.9 Å². The van der Waals surface area contributed by atoms with Crippen molar-refractivity contribution in [1.82, 2.24) is 4.98 Å². The highest BCUT2D eigenvalue weighted by Gasteiger charge is 2.25. The van der Waals surface area contributed by atoms with Crippen LogP contribution in [0.1, 0.15) is 10.4 Å². The Morgan fingerprint density at radius 2 is 1.68 bits per heavy atom. The lowest BCUT2D eigenvalue weighted by atomic mass is 10.2. The highest BCUT2D eigenvalue weighted by atomic mass is 16.6. The van der Waals surface area contributed by atoms with Crippen molar-refractivity contribution < 1.29 is 19.7 Å². The molecular weight excluding hydrogens is 296 g/mol. The second kappa shape index (κ2) is 5.83. The normalized spacial score (nSPS) is 10.0. The number of carboxylic acid groups (broad SMARTS) is 1. The van der Waals surface area contributed by atoms with Crippen molar-refractivity contribution in [1.29, 1.82) is 0 Å². The SMILES string of the molecule is O=C([O-])c1cccc(Nc2c([N+](=O)[O-])cncc2[N+](=O)[O-])c1. The minimum absolute atomic E-state index is 0.124. The summed E-state index contributed by atoms with van der Waals surface area (Å²) in [5.41, 5.74) is -1.65. The van der Waals surface area contributed by atoms with Crippen molar-refractivity contribution in [2.24, 2.45) is 0 Å². The van der Waals surface area contributed by atoms with Gasteiger partial charge >= 0.3 is 11.4 Å². The first-order valence-corrected chi connectivity index (χ1v) is 5.75. The lowest BCUT2D eigenvalue weighted by Gasteiger charge is -2.09. The summed E-state index contributed by atoms with van der Waals surface area (Å²) in [5.74, 6) is -1.44. The number of aromatic nitrogens is 1. The Morgan fingerprint density at radius 3 is 2.18 bits per heavy atom. The molecule has 0 saturated carbocycles. The van der Waals surface area contributed by atoms with E-state index in [1.165, 1.54) is 18.2 Å². The Kier molecular flexibility index (Phi) is 3.93. The smallest absolute Gasteiger partial charge is 0.317 e. The number of nitrogens with one attached hydrogen (secondary N) is 1. The minimum Gasteiger partial charge on any atom is -0.545 e. The van der Waals surface area contributed by atoms with Gasteiger partial charge in [0.25, 0.3) is 0 Å². The molecule has 2 aromatic rings. The van der Waals surface area contributed by atoms with Crippen LogP contribution >= 0.6 is 0 Å². The van der Waals surface area contributed by atoms with Crippen LogP contribution in [0.5, 0.6) is 0 Å². The molecule has 0 aliphatic heterocycles. The number of carboxylic acids is 1. The molecule has 0 fully saturated rings. The quantitative estimate of drug-likeness (QED) is 0.634. The number of rotatable bonds is 5. The van der Waals surface area contributed by atoms with Crippen molar-refractivity contribution in [2.75, 3.05) is 5.32 Å².